The lowest BCUT2D eigenvalue weighted by Gasteiger charge is -2.41. The Bertz CT molecular complexity index is 2180. The lowest BCUT2D eigenvalue weighted by Crippen LogP contribution is -2.34. The van der Waals surface area contributed by atoms with Gasteiger partial charge in [0, 0.05) is 27.9 Å². The summed E-state index contributed by atoms with van der Waals surface area (Å²) in [5.74, 6) is 1.76. The quantitative estimate of drug-likeness (QED) is 0.208. The molecule has 3 aliphatic rings. The van der Waals surface area contributed by atoms with Crippen molar-refractivity contribution in [1.29, 1.82) is 0 Å². The van der Waals surface area contributed by atoms with E-state index in [-0.39, 0.29) is 6.17 Å². The number of hydrogen-bond acceptors (Lipinski definition) is 3. The number of anilines is 1. The van der Waals surface area contributed by atoms with E-state index >= 15 is 0 Å². The van der Waals surface area contributed by atoms with Gasteiger partial charge in [0.1, 0.15) is 17.7 Å². The molecule has 48 heavy (non-hydrogen) atoms. The summed E-state index contributed by atoms with van der Waals surface area (Å²) < 4.78 is 6.49. The summed E-state index contributed by atoms with van der Waals surface area (Å²) in [6, 6.07) is 54.1. The minimum Gasteiger partial charge on any atom is -0.457 e. The first-order valence-electron chi connectivity index (χ1n) is 16.7. The molecule has 1 atom stereocenters. The molecule has 1 aliphatic carbocycles. The van der Waals surface area contributed by atoms with Gasteiger partial charge in [-0.1, -0.05) is 152 Å². The summed E-state index contributed by atoms with van der Waals surface area (Å²) in [6.07, 6.45) is 8.58. The van der Waals surface area contributed by atoms with Crippen molar-refractivity contribution >= 4 is 17.0 Å². The largest absolute Gasteiger partial charge is 0.457 e. The zero-order valence-corrected chi connectivity index (χ0v) is 26.5. The number of rotatable bonds is 5. The predicted molar refractivity (Wildman–Crippen MR) is 196 cm³/mol. The van der Waals surface area contributed by atoms with E-state index in [1.165, 1.54) is 22.3 Å². The SMILES string of the molecule is C1=CCCC(c2ccc(C3=NC(c4ccc(C5(c6ccccc6)c6ccccc6Oc6ccccc65)cc4)Nc4ccccc43)cc2)=C1. The Balaban J connectivity index is 1.14. The van der Waals surface area contributed by atoms with E-state index < -0.39 is 5.41 Å². The molecular formula is C45H34N2O. The minimum absolute atomic E-state index is 0.225. The van der Waals surface area contributed by atoms with Crippen LogP contribution < -0.4 is 10.1 Å². The molecule has 3 heteroatoms. The highest BCUT2D eigenvalue weighted by molar-refractivity contribution is 6.17. The maximum absolute atomic E-state index is 6.49. The van der Waals surface area contributed by atoms with Crippen LogP contribution in [-0.4, -0.2) is 5.71 Å². The molecule has 0 fully saturated rings. The van der Waals surface area contributed by atoms with Crippen LogP contribution in [0.1, 0.15) is 63.5 Å². The summed E-state index contributed by atoms with van der Waals surface area (Å²) in [5.41, 5.74) is 12.2. The Morgan fingerprint density at radius 2 is 1.23 bits per heavy atom. The highest BCUT2D eigenvalue weighted by atomic mass is 16.5. The molecule has 0 spiro atoms. The van der Waals surface area contributed by atoms with Gasteiger partial charge in [-0.05, 0) is 58.9 Å². The fraction of sp³-hybridized carbons (Fsp3) is 0.0889. The van der Waals surface area contributed by atoms with E-state index in [0.29, 0.717) is 0 Å². The van der Waals surface area contributed by atoms with Crippen LogP contribution in [-0.2, 0) is 5.41 Å². The second-order valence-electron chi connectivity index (χ2n) is 12.6. The smallest absolute Gasteiger partial charge is 0.145 e. The van der Waals surface area contributed by atoms with Crippen molar-refractivity contribution in [2.45, 2.75) is 24.4 Å². The van der Waals surface area contributed by atoms with Crippen molar-refractivity contribution in [3.8, 4) is 11.5 Å². The Hall–Kier alpha value is -5.93. The fourth-order valence-corrected chi connectivity index (χ4v) is 7.65. The normalized spacial score (nSPS) is 17.0. The van der Waals surface area contributed by atoms with Gasteiger partial charge in [-0.15, -0.1) is 0 Å². The van der Waals surface area contributed by atoms with Crippen molar-refractivity contribution in [3.63, 3.8) is 0 Å². The zero-order valence-electron chi connectivity index (χ0n) is 26.5. The maximum Gasteiger partial charge on any atom is 0.145 e. The molecule has 1 unspecified atom stereocenters. The maximum atomic E-state index is 6.49. The third-order valence-electron chi connectivity index (χ3n) is 9.94. The standard InChI is InChI=1S/C45H34N2O/c1-3-13-31(14-4-1)32-23-25-33(26-24-32)43-37-17-7-10-20-40(37)46-44(47-43)34-27-29-36(30-28-34)45(35-15-5-2-6-16-35)38-18-8-11-21-41(38)48-42-22-12-9-19-39(42)45/h1-3,5-13,15-30,44,46H,4,14H2. The van der Waals surface area contributed by atoms with E-state index in [1.54, 1.807) is 0 Å². The topological polar surface area (TPSA) is 33.6 Å². The third kappa shape index (κ3) is 4.62. The lowest BCUT2D eigenvalue weighted by atomic mass is 9.63. The Labute approximate surface area is 281 Å². The summed E-state index contributed by atoms with van der Waals surface area (Å²) in [6.45, 7) is 0. The van der Waals surface area contributed by atoms with Crippen LogP contribution >= 0.6 is 0 Å². The average molecular weight is 619 g/mol. The van der Waals surface area contributed by atoms with E-state index in [9.17, 15) is 0 Å². The van der Waals surface area contributed by atoms with Crippen LogP contribution in [0.3, 0.4) is 0 Å². The van der Waals surface area contributed by atoms with Crippen molar-refractivity contribution in [3.05, 3.63) is 214 Å². The second-order valence-corrected chi connectivity index (χ2v) is 12.6. The number of benzene rings is 6. The van der Waals surface area contributed by atoms with Crippen LogP contribution in [0.4, 0.5) is 5.69 Å². The van der Waals surface area contributed by atoms with Crippen molar-refractivity contribution in [2.75, 3.05) is 5.32 Å². The first-order chi connectivity index (χ1) is 23.8. The number of allylic oxidation sites excluding steroid dienone is 4. The second kappa shape index (κ2) is 11.7. The van der Waals surface area contributed by atoms with E-state index in [2.05, 4.69) is 163 Å². The molecule has 2 heterocycles. The van der Waals surface area contributed by atoms with Gasteiger partial charge in [-0.25, -0.2) is 0 Å². The van der Waals surface area contributed by atoms with Crippen LogP contribution in [0.5, 0.6) is 11.5 Å². The monoisotopic (exact) mass is 618 g/mol. The van der Waals surface area contributed by atoms with E-state index in [1.807, 2.05) is 12.1 Å². The van der Waals surface area contributed by atoms with Gasteiger partial charge in [0.15, 0.2) is 0 Å². The van der Waals surface area contributed by atoms with Gasteiger partial charge in [0.2, 0.25) is 0 Å². The molecule has 6 aromatic carbocycles. The first kappa shape index (κ1) is 28.3. The molecule has 9 rings (SSSR count). The molecule has 2 aliphatic heterocycles. The van der Waals surface area contributed by atoms with Gasteiger partial charge < -0.3 is 10.1 Å². The van der Waals surface area contributed by atoms with E-state index in [4.69, 9.17) is 9.73 Å². The van der Waals surface area contributed by atoms with Gasteiger partial charge in [0.25, 0.3) is 0 Å². The summed E-state index contributed by atoms with van der Waals surface area (Å²) >= 11 is 0. The van der Waals surface area contributed by atoms with Gasteiger partial charge >= 0.3 is 0 Å². The van der Waals surface area contributed by atoms with Crippen LogP contribution in [0.15, 0.2) is 175 Å². The number of ether oxygens (including phenoxy) is 1. The zero-order chi connectivity index (χ0) is 31.9. The number of nitrogens with one attached hydrogen (secondary N) is 1. The number of hydrogen-bond donors (Lipinski definition) is 1. The molecular weight excluding hydrogens is 585 g/mol. The number of aliphatic imine (C=N–C) groups is 1. The molecule has 230 valence electrons. The van der Waals surface area contributed by atoms with E-state index in [0.717, 1.165) is 63.6 Å². The molecule has 0 saturated carbocycles. The minimum atomic E-state index is -0.544. The molecule has 0 amide bonds. The van der Waals surface area contributed by atoms with Gasteiger partial charge in [0.05, 0.1) is 11.1 Å². The highest BCUT2D eigenvalue weighted by Crippen LogP contribution is 2.55. The fourth-order valence-electron chi connectivity index (χ4n) is 7.65. The first-order valence-corrected chi connectivity index (χ1v) is 16.7. The van der Waals surface area contributed by atoms with Gasteiger partial charge in [-0.2, -0.15) is 0 Å². The lowest BCUT2D eigenvalue weighted by molar-refractivity contribution is 0.434. The highest BCUT2D eigenvalue weighted by Gasteiger charge is 2.45. The summed E-state index contributed by atoms with van der Waals surface area (Å²) in [7, 11) is 0. The van der Waals surface area contributed by atoms with Crippen molar-refractivity contribution in [2.24, 2.45) is 4.99 Å². The molecule has 0 radical (unpaired) electrons. The predicted octanol–water partition coefficient (Wildman–Crippen LogP) is 10.9. The third-order valence-corrected chi connectivity index (χ3v) is 9.94. The Morgan fingerprint density at radius 1 is 0.604 bits per heavy atom. The van der Waals surface area contributed by atoms with Crippen LogP contribution in [0, 0.1) is 0 Å². The molecule has 0 aromatic heterocycles. The Kier molecular flexibility index (Phi) is 6.90. The molecule has 0 bridgehead atoms. The molecule has 6 aromatic rings. The molecule has 0 saturated heterocycles. The van der Waals surface area contributed by atoms with Crippen molar-refractivity contribution in [1.82, 2.24) is 0 Å². The van der Waals surface area contributed by atoms with Crippen LogP contribution in [0.2, 0.25) is 0 Å². The van der Waals surface area contributed by atoms with Crippen molar-refractivity contribution < 1.29 is 4.74 Å². The molecule has 1 N–H and O–H groups in total. The summed E-state index contributed by atoms with van der Waals surface area (Å²) in [5, 5.41) is 3.72. The number of fused-ring (bicyclic) bond motifs is 3. The summed E-state index contributed by atoms with van der Waals surface area (Å²) in [4.78, 5) is 5.36. The average Bonchev–Trinajstić information content (AvgIpc) is 3.17. The Morgan fingerprint density at radius 3 is 1.94 bits per heavy atom. The number of para-hydroxylation sites is 3. The number of nitrogens with zero attached hydrogens (tertiary/aromatic N) is 1. The molecule has 3 nitrogen and oxygen atoms in total. The van der Waals surface area contributed by atoms with Crippen LogP contribution in [0.25, 0.3) is 5.57 Å². The van der Waals surface area contributed by atoms with Gasteiger partial charge in [-0.3, -0.25) is 4.99 Å².